The number of amides is 2. The SMILES string of the molecule is CC(C)(C)OC(=O)N(Cc1cnccc1Cl)C(=O)OC(C)(C)C. The monoisotopic (exact) mass is 342 g/mol. The number of carbonyl (C=O) groups excluding carboxylic acids is 2. The third-order valence-electron chi connectivity index (χ3n) is 2.40. The highest BCUT2D eigenvalue weighted by Crippen LogP contribution is 2.20. The van der Waals surface area contributed by atoms with Gasteiger partial charge in [0.1, 0.15) is 11.2 Å². The molecular weight excluding hydrogens is 320 g/mol. The summed E-state index contributed by atoms with van der Waals surface area (Å²) in [7, 11) is 0. The topological polar surface area (TPSA) is 68.7 Å². The van der Waals surface area contributed by atoms with E-state index in [-0.39, 0.29) is 6.54 Å². The van der Waals surface area contributed by atoms with E-state index < -0.39 is 23.4 Å². The Hall–Kier alpha value is -1.82. The minimum absolute atomic E-state index is 0.0868. The number of rotatable bonds is 2. The van der Waals surface area contributed by atoms with E-state index in [1.54, 1.807) is 47.6 Å². The largest absolute Gasteiger partial charge is 0.443 e. The Morgan fingerprint density at radius 3 is 1.96 bits per heavy atom. The second kappa shape index (κ2) is 7.17. The van der Waals surface area contributed by atoms with Crippen molar-refractivity contribution in [1.29, 1.82) is 0 Å². The van der Waals surface area contributed by atoms with Crippen LogP contribution in [0.1, 0.15) is 47.1 Å². The average molecular weight is 343 g/mol. The van der Waals surface area contributed by atoms with Gasteiger partial charge in [-0.25, -0.2) is 14.5 Å². The normalized spacial score (nSPS) is 11.8. The Labute approximate surface area is 141 Å². The second-order valence-electron chi connectivity index (χ2n) is 7.01. The molecule has 0 aromatic carbocycles. The summed E-state index contributed by atoms with van der Waals surface area (Å²) >= 11 is 6.07. The molecule has 23 heavy (non-hydrogen) atoms. The lowest BCUT2D eigenvalue weighted by Gasteiger charge is -2.28. The first kappa shape index (κ1) is 19.2. The fourth-order valence-corrected chi connectivity index (χ4v) is 1.70. The van der Waals surface area contributed by atoms with E-state index in [4.69, 9.17) is 21.1 Å². The van der Waals surface area contributed by atoms with Crippen molar-refractivity contribution in [3.8, 4) is 0 Å². The van der Waals surface area contributed by atoms with Gasteiger partial charge in [0.25, 0.3) is 0 Å². The Kier molecular flexibility index (Phi) is 5.99. The van der Waals surface area contributed by atoms with Crippen LogP contribution in [0.5, 0.6) is 0 Å². The molecule has 2 amide bonds. The summed E-state index contributed by atoms with van der Waals surface area (Å²) in [5.74, 6) is 0. The number of pyridine rings is 1. The second-order valence-corrected chi connectivity index (χ2v) is 7.42. The average Bonchev–Trinajstić information content (AvgIpc) is 2.33. The predicted octanol–water partition coefficient (Wildman–Crippen LogP) is 4.41. The van der Waals surface area contributed by atoms with Crippen LogP contribution in [0, 0.1) is 0 Å². The Morgan fingerprint density at radius 2 is 1.57 bits per heavy atom. The zero-order valence-corrected chi connectivity index (χ0v) is 15.1. The van der Waals surface area contributed by atoms with Crippen LogP contribution in [0.3, 0.4) is 0 Å². The molecular formula is C16H23ClN2O4. The molecule has 0 aliphatic rings. The van der Waals surface area contributed by atoms with E-state index in [1.807, 2.05) is 0 Å². The van der Waals surface area contributed by atoms with Gasteiger partial charge < -0.3 is 9.47 Å². The van der Waals surface area contributed by atoms with E-state index in [9.17, 15) is 9.59 Å². The molecule has 0 aliphatic carbocycles. The van der Waals surface area contributed by atoms with Crippen molar-refractivity contribution < 1.29 is 19.1 Å². The molecule has 6 nitrogen and oxygen atoms in total. The Balaban J connectivity index is 3.03. The summed E-state index contributed by atoms with van der Waals surface area (Å²) in [4.78, 5) is 29.5. The molecule has 1 rings (SSSR count). The van der Waals surface area contributed by atoms with Crippen molar-refractivity contribution >= 4 is 23.8 Å². The van der Waals surface area contributed by atoms with Gasteiger partial charge >= 0.3 is 12.2 Å². The summed E-state index contributed by atoms with van der Waals surface area (Å²) in [6.45, 7) is 10.2. The van der Waals surface area contributed by atoms with Crippen LogP contribution < -0.4 is 0 Å². The van der Waals surface area contributed by atoms with E-state index in [0.29, 0.717) is 10.6 Å². The molecule has 0 N–H and O–H groups in total. The van der Waals surface area contributed by atoms with Crippen LogP contribution in [0.4, 0.5) is 9.59 Å². The van der Waals surface area contributed by atoms with E-state index in [2.05, 4.69) is 4.98 Å². The first-order chi connectivity index (χ1) is 10.4. The maximum Gasteiger partial charge on any atom is 0.420 e. The molecule has 0 radical (unpaired) electrons. The smallest absolute Gasteiger partial charge is 0.420 e. The van der Waals surface area contributed by atoms with Gasteiger partial charge in [0.05, 0.1) is 6.54 Å². The molecule has 1 heterocycles. The van der Waals surface area contributed by atoms with Gasteiger partial charge in [-0.2, -0.15) is 0 Å². The molecule has 1 aromatic rings. The quantitative estimate of drug-likeness (QED) is 0.796. The summed E-state index contributed by atoms with van der Waals surface area (Å²) in [6, 6.07) is 1.58. The van der Waals surface area contributed by atoms with Crippen LogP contribution in [0.25, 0.3) is 0 Å². The highest BCUT2D eigenvalue weighted by Gasteiger charge is 2.31. The highest BCUT2D eigenvalue weighted by atomic mass is 35.5. The number of aromatic nitrogens is 1. The van der Waals surface area contributed by atoms with Crippen LogP contribution in [0.2, 0.25) is 5.02 Å². The number of nitrogens with zero attached hydrogens (tertiary/aromatic N) is 2. The maximum absolute atomic E-state index is 12.3. The lowest BCUT2D eigenvalue weighted by atomic mass is 10.2. The molecule has 0 bridgehead atoms. The number of hydrogen-bond acceptors (Lipinski definition) is 5. The van der Waals surface area contributed by atoms with Crippen LogP contribution in [-0.4, -0.2) is 33.3 Å². The zero-order valence-electron chi connectivity index (χ0n) is 14.3. The van der Waals surface area contributed by atoms with Gasteiger partial charge in [-0.05, 0) is 47.6 Å². The van der Waals surface area contributed by atoms with Gasteiger partial charge in [-0.15, -0.1) is 0 Å². The van der Waals surface area contributed by atoms with Crippen LogP contribution in [-0.2, 0) is 16.0 Å². The van der Waals surface area contributed by atoms with Crippen LogP contribution in [0.15, 0.2) is 18.5 Å². The number of carbonyl (C=O) groups is 2. The van der Waals surface area contributed by atoms with Gasteiger partial charge in [0.2, 0.25) is 0 Å². The maximum atomic E-state index is 12.3. The van der Waals surface area contributed by atoms with E-state index >= 15 is 0 Å². The molecule has 1 aromatic heterocycles. The van der Waals surface area contributed by atoms with Gasteiger partial charge in [0, 0.05) is 23.0 Å². The summed E-state index contributed by atoms with van der Waals surface area (Å²) in [6.07, 6.45) is 1.42. The van der Waals surface area contributed by atoms with Gasteiger partial charge in [-0.3, -0.25) is 4.98 Å². The fourth-order valence-electron chi connectivity index (χ4n) is 1.53. The summed E-state index contributed by atoms with van der Waals surface area (Å²) in [5, 5.41) is 0.400. The third kappa shape index (κ3) is 6.86. The molecule has 0 unspecified atom stereocenters. The number of halogens is 1. The minimum atomic E-state index is -0.799. The van der Waals surface area contributed by atoms with Gasteiger partial charge in [0.15, 0.2) is 0 Å². The molecule has 0 aliphatic heterocycles. The molecule has 0 atom stereocenters. The van der Waals surface area contributed by atoms with Crippen molar-refractivity contribution in [2.45, 2.75) is 59.3 Å². The van der Waals surface area contributed by atoms with Crippen LogP contribution >= 0.6 is 11.6 Å². The van der Waals surface area contributed by atoms with Crippen molar-refractivity contribution in [1.82, 2.24) is 9.88 Å². The van der Waals surface area contributed by atoms with E-state index in [0.717, 1.165) is 4.90 Å². The molecule has 128 valence electrons. The predicted molar refractivity (Wildman–Crippen MR) is 87.3 cm³/mol. The van der Waals surface area contributed by atoms with E-state index in [1.165, 1.54) is 12.4 Å². The third-order valence-corrected chi connectivity index (χ3v) is 2.77. The lowest BCUT2D eigenvalue weighted by Crippen LogP contribution is -2.43. The summed E-state index contributed by atoms with van der Waals surface area (Å²) in [5.41, 5.74) is -0.961. The van der Waals surface area contributed by atoms with Crippen molar-refractivity contribution in [3.05, 3.63) is 29.0 Å². The Bertz CT molecular complexity index is 548. The molecule has 0 saturated heterocycles. The molecule has 0 fully saturated rings. The first-order valence-corrected chi connectivity index (χ1v) is 7.59. The molecule has 7 heteroatoms. The number of ether oxygens (including phenoxy) is 2. The minimum Gasteiger partial charge on any atom is -0.443 e. The molecule has 0 saturated carbocycles. The number of hydrogen-bond donors (Lipinski definition) is 0. The fraction of sp³-hybridized carbons (Fsp3) is 0.562. The van der Waals surface area contributed by atoms with Crippen molar-refractivity contribution in [3.63, 3.8) is 0 Å². The highest BCUT2D eigenvalue weighted by molar-refractivity contribution is 6.31. The molecule has 0 spiro atoms. The van der Waals surface area contributed by atoms with Crippen molar-refractivity contribution in [2.75, 3.05) is 0 Å². The first-order valence-electron chi connectivity index (χ1n) is 7.21. The zero-order chi connectivity index (χ0) is 17.8. The van der Waals surface area contributed by atoms with Gasteiger partial charge in [-0.1, -0.05) is 11.6 Å². The number of imide groups is 1. The lowest BCUT2D eigenvalue weighted by molar-refractivity contribution is -0.000246. The van der Waals surface area contributed by atoms with Crippen molar-refractivity contribution in [2.24, 2.45) is 0 Å². The Morgan fingerprint density at radius 1 is 1.09 bits per heavy atom. The standard InChI is InChI=1S/C16H23ClN2O4/c1-15(2,3)22-13(20)19(14(21)23-16(4,5)6)10-11-9-18-8-7-12(11)17/h7-9H,10H2,1-6H3. The summed E-state index contributed by atoms with van der Waals surface area (Å²) < 4.78 is 10.5.